The van der Waals surface area contributed by atoms with E-state index in [0.717, 1.165) is 35.6 Å². The molecule has 3 heterocycles. The van der Waals surface area contributed by atoms with Gasteiger partial charge in [0.15, 0.2) is 0 Å². The fourth-order valence-corrected chi connectivity index (χ4v) is 4.30. The van der Waals surface area contributed by atoms with Crippen molar-refractivity contribution < 1.29 is 22.7 Å². The third-order valence-electron chi connectivity index (χ3n) is 5.24. The van der Waals surface area contributed by atoms with Gasteiger partial charge in [0.05, 0.1) is 24.5 Å². The number of carbonyl (C=O) groups is 1. The number of thiazole rings is 1. The van der Waals surface area contributed by atoms with Gasteiger partial charge in [-0.1, -0.05) is 0 Å². The first kappa shape index (κ1) is 23.1. The Morgan fingerprint density at radius 1 is 1.27 bits per heavy atom. The van der Waals surface area contributed by atoms with E-state index in [1.54, 1.807) is 0 Å². The highest BCUT2D eigenvalue weighted by Gasteiger charge is 2.21. The number of carbonyl (C=O) groups excluding carboxylic acids is 1. The molecule has 3 aromatic rings. The first-order valence-electron chi connectivity index (χ1n) is 10.2. The Balaban J connectivity index is 1.55. The Kier molecular flexibility index (Phi) is 6.91. The van der Waals surface area contributed by atoms with Crippen LogP contribution in [0.25, 0.3) is 10.6 Å². The molecule has 0 aliphatic carbocycles. The second-order valence-corrected chi connectivity index (χ2v) is 8.43. The molecule has 11 heteroatoms. The van der Waals surface area contributed by atoms with Gasteiger partial charge in [-0.25, -0.2) is 18.2 Å². The van der Waals surface area contributed by atoms with Crippen LogP contribution in [-0.2, 0) is 18.3 Å². The van der Waals surface area contributed by atoms with E-state index in [2.05, 4.69) is 15.2 Å². The zero-order valence-electron chi connectivity index (χ0n) is 17.7. The summed E-state index contributed by atoms with van der Waals surface area (Å²) in [5, 5.41) is 4.81. The number of amides is 1. The van der Waals surface area contributed by atoms with Crippen LogP contribution in [0.5, 0.6) is 0 Å². The third kappa shape index (κ3) is 5.32. The molecule has 1 aliphatic rings. The molecule has 0 unspecified atom stereocenters. The number of anilines is 1. The Morgan fingerprint density at radius 3 is 2.76 bits per heavy atom. The standard InChI is InChI=1S/C22H21F3N4O3S/c1-28-11-17(15(20(24)25)9-19(28)30)21(31)26-13-2-3-18(23)16(8-13)22-27-14(12-33-22)10-29-4-6-32-7-5-29/h2-3,8-9,11-12,20H,4-7,10H2,1H3,(H,26,31). The predicted octanol–water partition coefficient (Wildman–Crippen LogP) is 3.67. The molecule has 1 saturated heterocycles. The molecule has 4 rings (SSSR count). The summed E-state index contributed by atoms with van der Waals surface area (Å²) < 4.78 is 47.6. The Hall–Kier alpha value is -3.02. The lowest BCUT2D eigenvalue weighted by Gasteiger charge is -2.25. The zero-order chi connectivity index (χ0) is 23.5. The lowest BCUT2D eigenvalue weighted by Crippen LogP contribution is -2.35. The van der Waals surface area contributed by atoms with Gasteiger partial charge < -0.3 is 14.6 Å². The first-order chi connectivity index (χ1) is 15.8. The van der Waals surface area contributed by atoms with Crippen molar-refractivity contribution >= 4 is 22.9 Å². The van der Waals surface area contributed by atoms with Gasteiger partial charge in [0, 0.05) is 61.1 Å². The molecule has 0 spiro atoms. The molecule has 174 valence electrons. The monoisotopic (exact) mass is 478 g/mol. The van der Waals surface area contributed by atoms with Crippen LogP contribution in [0.2, 0.25) is 0 Å². The van der Waals surface area contributed by atoms with Gasteiger partial charge in [-0.3, -0.25) is 14.5 Å². The molecule has 2 aromatic heterocycles. The number of alkyl halides is 2. The number of rotatable bonds is 6. The topological polar surface area (TPSA) is 76.5 Å². The Morgan fingerprint density at radius 2 is 2.03 bits per heavy atom. The molecule has 0 saturated carbocycles. The van der Waals surface area contributed by atoms with Gasteiger partial charge in [-0.05, 0) is 18.2 Å². The summed E-state index contributed by atoms with van der Waals surface area (Å²) in [7, 11) is 1.36. The van der Waals surface area contributed by atoms with Gasteiger partial charge in [0.2, 0.25) is 0 Å². The summed E-state index contributed by atoms with van der Waals surface area (Å²) in [6.45, 7) is 3.55. The normalized spacial score (nSPS) is 14.6. The van der Waals surface area contributed by atoms with Crippen LogP contribution in [0.4, 0.5) is 18.9 Å². The van der Waals surface area contributed by atoms with Crippen molar-refractivity contribution in [2.75, 3.05) is 31.6 Å². The van der Waals surface area contributed by atoms with Crippen molar-refractivity contribution in [3.05, 3.63) is 68.8 Å². The molecule has 7 nitrogen and oxygen atoms in total. The van der Waals surface area contributed by atoms with Gasteiger partial charge in [0.25, 0.3) is 17.9 Å². The zero-order valence-corrected chi connectivity index (χ0v) is 18.5. The lowest BCUT2D eigenvalue weighted by molar-refractivity contribution is 0.0337. The molecule has 1 aromatic carbocycles. The number of ether oxygens (including phenoxy) is 1. The Bertz CT molecular complexity index is 1220. The molecule has 0 atom stereocenters. The van der Waals surface area contributed by atoms with E-state index in [9.17, 15) is 22.8 Å². The summed E-state index contributed by atoms with van der Waals surface area (Å²) in [5.74, 6) is -1.35. The maximum atomic E-state index is 14.5. The molecule has 0 bridgehead atoms. The number of benzene rings is 1. The second kappa shape index (κ2) is 9.86. The summed E-state index contributed by atoms with van der Waals surface area (Å²) in [4.78, 5) is 31.1. The van der Waals surface area contributed by atoms with Crippen molar-refractivity contribution in [3.63, 3.8) is 0 Å². The number of halogens is 3. The predicted molar refractivity (Wildman–Crippen MR) is 118 cm³/mol. The van der Waals surface area contributed by atoms with Crippen LogP contribution in [0.15, 0.2) is 40.6 Å². The van der Waals surface area contributed by atoms with Crippen LogP contribution in [0, 0.1) is 5.82 Å². The summed E-state index contributed by atoms with van der Waals surface area (Å²) in [6.07, 6.45) is -1.94. The largest absolute Gasteiger partial charge is 0.379 e. The van der Waals surface area contributed by atoms with Crippen LogP contribution in [0.1, 0.15) is 28.0 Å². The number of nitrogens with one attached hydrogen (secondary N) is 1. The van der Waals surface area contributed by atoms with Crippen molar-refractivity contribution in [2.24, 2.45) is 7.05 Å². The SMILES string of the molecule is Cn1cc(C(=O)Nc2ccc(F)c(-c3nc(CN4CCOCC4)cs3)c2)c(C(F)F)cc1=O. The first-order valence-corrected chi connectivity index (χ1v) is 11.0. The van der Waals surface area contributed by atoms with Crippen molar-refractivity contribution in [3.8, 4) is 10.6 Å². The smallest absolute Gasteiger partial charge is 0.264 e. The van der Waals surface area contributed by atoms with Crippen LogP contribution >= 0.6 is 11.3 Å². The lowest BCUT2D eigenvalue weighted by atomic mass is 10.1. The molecule has 1 fully saturated rings. The minimum atomic E-state index is -3.00. The van der Waals surface area contributed by atoms with E-state index < -0.39 is 29.3 Å². The average molecular weight is 478 g/mol. The third-order valence-corrected chi connectivity index (χ3v) is 6.16. The van der Waals surface area contributed by atoms with Gasteiger partial charge in [-0.15, -0.1) is 11.3 Å². The van der Waals surface area contributed by atoms with E-state index >= 15 is 0 Å². The van der Waals surface area contributed by atoms with Crippen LogP contribution < -0.4 is 10.9 Å². The van der Waals surface area contributed by atoms with Crippen LogP contribution in [0.3, 0.4) is 0 Å². The number of hydrogen-bond acceptors (Lipinski definition) is 6. The van der Waals surface area contributed by atoms with E-state index in [1.165, 1.54) is 36.6 Å². The van der Waals surface area contributed by atoms with Crippen molar-refractivity contribution in [2.45, 2.75) is 13.0 Å². The Labute approximate surface area is 191 Å². The summed E-state index contributed by atoms with van der Waals surface area (Å²) in [5.41, 5.74) is -0.429. The highest BCUT2D eigenvalue weighted by molar-refractivity contribution is 7.13. The number of morpholine rings is 1. The van der Waals surface area contributed by atoms with Crippen molar-refractivity contribution in [1.82, 2.24) is 14.5 Å². The molecule has 0 radical (unpaired) electrons. The summed E-state index contributed by atoms with van der Waals surface area (Å²) >= 11 is 1.28. The minimum Gasteiger partial charge on any atom is -0.379 e. The molecular weight excluding hydrogens is 457 g/mol. The number of nitrogens with zero attached hydrogens (tertiary/aromatic N) is 3. The molecule has 1 N–H and O–H groups in total. The van der Waals surface area contributed by atoms with Gasteiger partial charge in [-0.2, -0.15) is 0 Å². The van der Waals surface area contributed by atoms with Gasteiger partial charge in [0.1, 0.15) is 10.8 Å². The summed E-state index contributed by atoms with van der Waals surface area (Å²) in [6, 6.07) is 4.67. The van der Waals surface area contributed by atoms with Crippen LogP contribution in [-0.4, -0.2) is 46.7 Å². The maximum Gasteiger partial charge on any atom is 0.264 e. The number of pyridine rings is 1. The average Bonchev–Trinajstić information content (AvgIpc) is 3.25. The number of hydrogen-bond donors (Lipinski definition) is 1. The molecule has 1 amide bonds. The van der Waals surface area contributed by atoms with E-state index in [0.29, 0.717) is 24.8 Å². The maximum absolute atomic E-state index is 14.5. The van der Waals surface area contributed by atoms with Crippen molar-refractivity contribution in [1.29, 1.82) is 0 Å². The molecule has 1 aliphatic heterocycles. The number of aryl methyl sites for hydroxylation is 1. The van der Waals surface area contributed by atoms with E-state index in [-0.39, 0.29) is 16.8 Å². The van der Waals surface area contributed by atoms with Gasteiger partial charge >= 0.3 is 0 Å². The minimum absolute atomic E-state index is 0.195. The molecule has 33 heavy (non-hydrogen) atoms. The second-order valence-electron chi connectivity index (χ2n) is 7.57. The highest BCUT2D eigenvalue weighted by Crippen LogP contribution is 2.30. The van der Waals surface area contributed by atoms with E-state index in [4.69, 9.17) is 4.74 Å². The highest BCUT2D eigenvalue weighted by atomic mass is 32.1. The quantitative estimate of drug-likeness (QED) is 0.585. The molecular formula is C22H21F3N4O3S. The number of aromatic nitrogens is 2. The fourth-order valence-electron chi connectivity index (χ4n) is 3.47. The van der Waals surface area contributed by atoms with E-state index in [1.807, 2.05) is 5.38 Å². The fraction of sp³-hybridized carbons (Fsp3) is 0.318.